The summed E-state index contributed by atoms with van der Waals surface area (Å²) in [5.41, 5.74) is 5.50. The van der Waals surface area contributed by atoms with Crippen molar-refractivity contribution in [2.45, 2.75) is 19.8 Å². The molecule has 0 aliphatic rings. The molecule has 2 aromatic heterocycles. The van der Waals surface area contributed by atoms with E-state index < -0.39 is 13.0 Å². The van der Waals surface area contributed by atoms with E-state index in [4.69, 9.17) is 10.5 Å². The van der Waals surface area contributed by atoms with E-state index in [1.165, 1.54) is 11.3 Å². The van der Waals surface area contributed by atoms with Crippen LogP contribution in [0.25, 0.3) is 10.2 Å². The highest BCUT2D eigenvalue weighted by atomic mass is 32.1. The molecule has 2 heterocycles. The van der Waals surface area contributed by atoms with Gasteiger partial charge in [-0.1, -0.05) is 6.92 Å². The first-order valence-corrected chi connectivity index (χ1v) is 5.88. The molecule has 0 atom stereocenters. The van der Waals surface area contributed by atoms with Gasteiger partial charge in [0.05, 0.1) is 5.39 Å². The maximum atomic E-state index is 12.1. The molecule has 2 N–H and O–H groups in total. The smallest absolute Gasteiger partial charge is 0.272 e. The van der Waals surface area contributed by atoms with Gasteiger partial charge in [-0.2, -0.15) is 4.98 Å². The maximum absolute atomic E-state index is 12.1. The lowest BCUT2D eigenvalue weighted by atomic mass is 10.3. The van der Waals surface area contributed by atoms with E-state index in [1.807, 2.05) is 13.0 Å². The van der Waals surface area contributed by atoms with Crippen molar-refractivity contribution < 1.29 is 13.5 Å². The molecule has 7 heteroatoms. The third-order valence-corrected chi connectivity index (χ3v) is 3.29. The molecule has 2 rings (SSSR count). The Morgan fingerprint density at radius 3 is 2.88 bits per heavy atom. The summed E-state index contributed by atoms with van der Waals surface area (Å²) in [5.74, 6) is 0.162. The van der Waals surface area contributed by atoms with Crippen LogP contribution >= 0.6 is 11.3 Å². The Kier molecular flexibility index (Phi) is 3.37. The van der Waals surface area contributed by atoms with Gasteiger partial charge in [0.2, 0.25) is 11.8 Å². The number of nitrogens with zero attached hydrogens (tertiary/aromatic N) is 2. The van der Waals surface area contributed by atoms with E-state index in [2.05, 4.69) is 9.97 Å². The molecular formula is C10H11F2N3OS. The summed E-state index contributed by atoms with van der Waals surface area (Å²) in [4.78, 5) is 9.64. The average Bonchev–Trinajstić information content (AvgIpc) is 2.68. The minimum absolute atomic E-state index is 0.0336. The van der Waals surface area contributed by atoms with Crippen LogP contribution in [-0.2, 0) is 6.42 Å². The number of rotatable bonds is 4. The number of alkyl halides is 2. The molecule has 0 saturated heterocycles. The van der Waals surface area contributed by atoms with Crippen LogP contribution in [0.15, 0.2) is 6.07 Å². The molecule has 0 unspecified atom stereocenters. The number of nitrogens with two attached hydrogens (primary N) is 1. The van der Waals surface area contributed by atoms with Gasteiger partial charge in [0.15, 0.2) is 6.61 Å². The summed E-state index contributed by atoms with van der Waals surface area (Å²) in [6.07, 6.45) is -1.69. The number of aromatic nitrogens is 2. The summed E-state index contributed by atoms with van der Waals surface area (Å²) < 4.78 is 29.1. The van der Waals surface area contributed by atoms with E-state index in [9.17, 15) is 8.78 Å². The summed E-state index contributed by atoms with van der Waals surface area (Å²) in [7, 11) is 0. The lowest BCUT2D eigenvalue weighted by molar-refractivity contribution is 0.0805. The number of aryl methyl sites for hydroxylation is 1. The fraction of sp³-hybridized carbons (Fsp3) is 0.400. The molecule has 2 aromatic rings. The summed E-state index contributed by atoms with van der Waals surface area (Å²) in [6.45, 7) is 1.31. The van der Waals surface area contributed by atoms with Gasteiger partial charge in [0.1, 0.15) is 4.83 Å². The lowest BCUT2D eigenvalue weighted by Gasteiger charge is -2.05. The molecule has 0 fully saturated rings. The van der Waals surface area contributed by atoms with Gasteiger partial charge in [-0.15, -0.1) is 11.3 Å². The minimum Gasteiger partial charge on any atom is -0.471 e. The molecule has 0 radical (unpaired) electrons. The van der Waals surface area contributed by atoms with E-state index in [-0.39, 0.29) is 11.8 Å². The zero-order valence-electron chi connectivity index (χ0n) is 9.11. The minimum atomic E-state index is -2.54. The van der Waals surface area contributed by atoms with Gasteiger partial charge < -0.3 is 10.5 Å². The standard InChI is InChI=1S/C10H11F2N3OS/c1-2-5-3-6-8(16-4-7(11)12)14-10(13)15-9(6)17-5/h3,7H,2,4H2,1H3,(H2,13,14,15). The lowest BCUT2D eigenvalue weighted by Crippen LogP contribution is -2.09. The van der Waals surface area contributed by atoms with Crippen molar-refractivity contribution in [3.05, 3.63) is 10.9 Å². The second kappa shape index (κ2) is 4.79. The molecular weight excluding hydrogens is 248 g/mol. The van der Waals surface area contributed by atoms with Gasteiger partial charge in [0, 0.05) is 4.88 Å². The van der Waals surface area contributed by atoms with Crippen molar-refractivity contribution in [2.24, 2.45) is 0 Å². The Hall–Kier alpha value is -1.50. The number of fused-ring (bicyclic) bond motifs is 1. The van der Waals surface area contributed by atoms with Crippen molar-refractivity contribution >= 4 is 27.5 Å². The van der Waals surface area contributed by atoms with E-state index in [0.29, 0.717) is 10.2 Å². The Bertz CT molecular complexity index is 529. The third kappa shape index (κ3) is 2.60. The zero-order chi connectivity index (χ0) is 12.4. The van der Waals surface area contributed by atoms with Crippen LogP contribution in [0.4, 0.5) is 14.7 Å². The number of nitrogen functional groups attached to an aromatic ring is 1. The van der Waals surface area contributed by atoms with Crippen molar-refractivity contribution in [3.63, 3.8) is 0 Å². The summed E-state index contributed by atoms with van der Waals surface area (Å²) >= 11 is 1.46. The quantitative estimate of drug-likeness (QED) is 0.916. The highest BCUT2D eigenvalue weighted by molar-refractivity contribution is 7.18. The molecule has 0 bridgehead atoms. The van der Waals surface area contributed by atoms with E-state index in [1.54, 1.807) is 0 Å². The highest BCUT2D eigenvalue weighted by Gasteiger charge is 2.13. The first-order chi connectivity index (χ1) is 8.10. The predicted molar refractivity (Wildman–Crippen MR) is 62.7 cm³/mol. The van der Waals surface area contributed by atoms with Crippen molar-refractivity contribution in [2.75, 3.05) is 12.3 Å². The van der Waals surface area contributed by atoms with Gasteiger partial charge in [-0.3, -0.25) is 0 Å². The number of hydrogen-bond donors (Lipinski definition) is 1. The molecule has 0 saturated carbocycles. The Morgan fingerprint density at radius 2 is 2.24 bits per heavy atom. The molecule has 0 aliphatic heterocycles. The SMILES string of the molecule is CCc1cc2c(OCC(F)F)nc(N)nc2s1. The Balaban J connectivity index is 2.41. The second-order valence-corrected chi connectivity index (χ2v) is 4.49. The van der Waals surface area contributed by atoms with Crippen LogP contribution in [0.5, 0.6) is 5.88 Å². The molecule has 17 heavy (non-hydrogen) atoms. The molecule has 4 nitrogen and oxygen atoms in total. The highest BCUT2D eigenvalue weighted by Crippen LogP contribution is 2.31. The van der Waals surface area contributed by atoms with Gasteiger partial charge >= 0.3 is 0 Å². The molecule has 92 valence electrons. The molecule has 0 amide bonds. The third-order valence-electron chi connectivity index (χ3n) is 2.12. The first-order valence-electron chi connectivity index (χ1n) is 5.07. The zero-order valence-corrected chi connectivity index (χ0v) is 9.93. The van der Waals surface area contributed by atoms with Crippen molar-refractivity contribution in [3.8, 4) is 5.88 Å². The van der Waals surface area contributed by atoms with Crippen molar-refractivity contribution in [1.82, 2.24) is 9.97 Å². The number of hydrogen-bond acceptors (Lipinski definition) is 5. The average molecular weight is 259 g/mol. The number of halogens is 2. The predicted octanol–water partition coefficient (Wildman–Crippen LogP) is 2.48. The second-order valence-electron chi connectivity index (χ2n) is 3.37. The largest absolute Gasteiger partial charge is 0.471 e. The van der Waals surface area contributed by atoms with Crippen LogP contribution in [0.3, 0.4) is 0 Å². The van der Waals surface area contributed by atoms with Crippen LogP contribution < -0.4 is 10.5 Å². The normalized spacial score (nSPS) is 11.3. The maximum Gasteiger partial charge on any atom is 0.272 e. The molecule has 0 spiro atoms. The number of anilines is 1. The Labute approximate surface area is 100 Å². The fourth-order valence-corrected chi connectivity index (χ4v) is 2.35. The number of ether oxygens (including phenoxy) is 1. The fourth-order valence-electron chi connectivity index (χ4n) is 1.39. The van der Waals surface area contributed by atoms with Crippen LogP contribution in [0, 0.1) is 0 Å². The van der Waals surface area contributed by atoms with Gasteiger partial charge in [-0.25, -0.2) is 13.8 Å². The monoisotopic (exact) mass is 259 g/mol. The van der Waals surface area contributed by atoms with Crippen LogP contribution in [-0.4, -0.2) is 23.0 Å². The van der Waals surface area contributed by atoms with Gasteiger partial charge in [-0.05, 0) is 12.5 Å². The Morgan fingerprint density at radius 1 is 1.47 bits per heavy atom. The first kappa shape index (κ1) is 12.0. The molecule has 0 aromatic carbocycles. The summed E-state index contributed by atoms with van der Waals surface area (Å²) in [5, 5.41) is 0.640. The number of thiophene rings is 1. The topological polar surface area (TPSA) is 61.0 Å². The van der Waals surface area contributed by atoms with Crippen molar-refractivity contribution in [1.29, 1.82) is 0 Å². The van der Waals surface area contributed by atoms with Crippen LogP contribution in [0.2, 0.25) is 0 Å². The van der Waals surface area contributed by atoms with Gasteiger partial charge in [0.25, 0.3) is 6.43 Å². The summed E-state index contributed by atoms with van der Waals surface area (Å²) in [6, 6.07) is 1.85. The van der Waals surface area contributed by atoms with Crippen LogP contribution in [0.1, 0.15) is 11.8 Å². The van der Waals surface area contributed by atoms with E-state index in [0.717, 1.165) is 11.3 Å². The molecule has 0 aliphatic carbocycles. The van der Waals surface area contributed by atoms with E-state index >= 15 is 0 Å².